The minimum absolute atomic E-state index is 0.280. The normalized spacial score (nSPS) is 16.2. The number of rotatable bonds is 2. The molecule has 1 aliphatic rings. The van der Waals surface area contributed by atoms with Crippen molar-refractivity contribution < 1.29 is 13.2 Å². The SMILES string of the molecule is FC(F)(F)c1cc(-n2cncc2C2CNC2)ccc1Cl. The summed E-state index contributed by atoms with van der Waals surface area (Å²) in [5.74, 6) is 0.280. The molecule has 20 heavy (non-hydrogen) atoms. The molecule has 0 unspecified atom stereocenters. The number of alkyl halides is 3. The Morgan fingerprint density at radius 3 is 2.65 bits per heavy atom. The van der Waals surface area contributed by atoms with Crippen molar-refractivity contribution in [2.24, 2.45) is 0 Å². The van der Waals surface area contributed by atoms with Gasteiger partial charge in [0.15, 0.2) is 0 Å². The third kappa shape index (κ3) is 2.29. The van der Waals surface area contributed by atoms with E-state index in [-0.39, 0.29) is 10.9 Å². The van der Waals surface area contributed by atoms with Crippen molar-refractivity contribution in [1.29, 1.82) is 0 Å². The smallest absolute Gasteiger partial charge is 0.315 e. The van der Waals surface area contributed by atoms with Gasteiger partial charge in [0.2, 0.25) is 0 Å². The van der Waals surface area contributed by atoms with Gasteiger partial charge < -0.3 is 9.88 Å². The summed E-state index contributed by atoms with van der Waals surface area (Å²) >= 11 is 5.63. The van der Waals surface area contributed by atoms with Crippen LogP contribution in [0.25, 0.3) is 5.69 Å². The number of nitrogens with one attached hydrogen (secondary N) is 1. The number of hydrogen-bond acceptors (Lipinski definition) is 2. The third-order valence-electron chi connectivity index (χ3n) is 3.40. The third-order valence-corrected chi connectivity index (χ3v) is 3.73. The molecular weight excluding hydrogens is 291 g/mol. The molecule has 0 bridgehead atoms. The average Bonchev–Trinajstić information content (AvgIpc) is 2.75. The Morgan fingerprint density at radius 1 is 1.30 bits per heavy atom. The van der Waals surface area contributed by atoms with E-state index in [1.165, 1.54) is 12.4 Å². The number of nitrogens with zero attached hydrogens (tertiary/aromatic N) is 2. The summed E-state index contributed by atoms with van der Waals surface area (Å²) in [6, 6.07) is 3.89. The second-order valence-electron chi connectivity index (χ2n) is 4.71. The van der Waals surface area contributed by atoms with Crippen LogP contribution in [0.4, 0.5) is 13.2 Å². The van der Waals surface area contributed by atoms with Crippen LogP contribution in [-0.4, -0.2) is 22.6 Å². The lowest BCUT2D eigenvalue weighted by Crippen LogP contribution is -2.40. The summed E-state index contributed by atoms with van der Waals surface area (Å²) in [5.41, 5.74) is 0.489. The molecule has 0 atom stereocenters. The highest BCUT2D eigenvalue weighted by atomic mass is 35.5. The number of halogens is 4. The Labute approximate surface area is 118 Å². The highest BCUT2D eigenvalue weighted by Gasteiger charge is 2.33. The van der Waals surface area contributed by atoms with Gasteiger partial charge in [0.1, 0.15) is 0 Å². The van der Waals surface area contributed by atoms with Crippen molar-refractivity contribution in [3.8, 4) is 5.69 Å². The zero-order valence-corrected chi connectivity index (χ0v) is 11.0. The molecule has 0 radical (unpaired) electrons. The van der Waals surface area contributed by atoms with Gasteiger partial charge in [-0.1, -0.05) is 11.6 Å². The summed E-state index contributed by atoms with van der Waals surface area (Å²) < 4.78 is 40.3. The minimum Gasteiger partial charge on any atom is -0.315 e. The van der Waals surface area contributed by atoms with Crippen molar-refractivity contribution in [2.75, 3.05) is 13.1 Å². The Balaban J connectivity index is 2.05. The van der Waals surface area contributed by atoms with E-state index in [9.17, 15) is 13.2 Å². The molecule has 0 saturated carbocycles. The van der Waals surface area contributed by atoms with Crippen molar-refractivity contribution >= 4 is 11.6 Å². The van der Waals surface area contributed by atoms with Crippen LogP contribution in [0.2, 0.25) is 5.02 Å². The molecule has 1 fully saturated rings. The van der Waals surface area contributed by atoms with Crippen LogP contribution in [0.3, 0.4) is 0 Å². The number of benzene rings is 1. The number of aromatic nitrogens is 2. The van der Waals surface area contributed by atoms with E-state index >= 15 is 0 Å². The van der Waals surface area contributed by atoms with Crippen molar-refractivity contribution in [1.82, 2.24) is 14.9 Å². The van der Waals surface area contributed by atoms with Crippen LogP contribution >= 0.6 is 11.6 Å². The molecule has 3 rings (SSSR count). The molecule has 3 nitrogen and oxygen atoms in total. The van der Waals surface area contributed by atoms with Gasteiger partial charge >= 0.3 is 6.18 Å². The summed E-state index contributed by atoms with van der Waals surface area (Å²) in [6.45, 7) is 1.62. The van der Waals surface area contributed by atoms with Crippen molar-refractivity contribution in [3.05, 3.63) is 47.0 Å². The standard InChI is InChI=1S/C13H11ClF3N3/c14-11-2-1-9(3-10(11)13(15,16)17)20-7-19-6-12(20)8-4-18-5-8/h1-3,6-8,18H,4-5H2. The first kappa shape index (κ1) is 13.5. The summed E-state index contributed by atoms with van der Waals surface area (Å²) in [6.07, 6.45) is -1.25. The van der Waals surface area contributed by atoms with E-state index in [0.717, 1.165) is 24.8 Å². The Bertz CT molecular complexity index is 632. The van der Waals surface area contributed by atoms with Crippen molar-refractivity contribution in [2.45, 2.75) is 12.1 Å². The van der Waals surface area contributed by atoms with Crippen molar-refractivity contribution in [3.63, 3.8) is 0 Å². The molecule has 1 saturated heterocycles. The van der Waals surface area contributed by atoms with E-state index in [4.69, 9.17) is 11.6 Å². The second kappa shape index (κ2) is 4.79. The average molecular weight is 302 g/mol. The lowest BCUT2D eigenvalue weighted by Gasteiger charge is -2.28. The van der Waals surface area contributed by atoms with Crippen LogP contribution in [0.15, 0.2) is 30.7 Å². The second-order valence-corrected chi connectivity index (χ2v) is 5.11. The quantitative estimate of drug-likeness (QED) is 0.923. The summed E-state index contributed by atoms with van der Waals surface area (Å²) in [7, 11) is 0. The van der Waals surface area contributed by atoms with Crippen LogP contribution in [0, 0.1) is 0 Å². The molecule has 1 aromatic carbocycles. The van der Waals surface area contributed by atoms with Gasteiger partial charge in [0.05, 0.1) is 16.9 Å². The Hall–Kier alpha value is -1.53. The number of imidazole rings is 1. The summed E-state index contributed by atoms with van der Waals surface area (Å²) in [5, 5.41) is 2.83. The van der Waals surface area contributed by atoms with Crippen LogP contribution in [0.1, 0.15) is 17.2 Å². The van der Waals surface area contributed by atoms with Gasteiger partial charge in [-0.2, -0.15) is 13.2 Å². The van der Waals surface area contributed by atoms with Gasteiger partial charge in [-0.15, -0.1) is 0 Å². The van der Waals surface area contributed by atoms with Crippen LogP contribution in [-0.2, 0) is 6.18 Å². The molecule has 2 aromatic rings. The lowest BCUT2D eigenvalue weighted by atomic mass is 9.99. The van der Waals surface area contributed by atoms with Gasteiger partial charge in [-0.25, -0.2) is 4.98 Å². The first-order chi connectivity index (χ1) is 9.47. The maximum absolute atomic E-state index is 12.9. The number of hydrogen-bond donors (Lipinski definition) is 1. The molecule has 2 heterocycles. The van der Waals surface area contributed by atoms with Gasteiger partial charge in [0.25, 0.3) is 0 Å². The minimum atomic E-state index is -4.47. The molecule has 7 heteroatoms. The molecule has 0 spiro atoms. The predicted molar refractivity (Wildman–Crippen MR) is 69.2 cm³/mol. The fourth-order valence-corrected chi connectivity index (χ4v) is 2.43. The molecule has 1 aromatic heterocycles. The van der Waals surface area contributed by atoms with E-state index < -0.39 is 11.7 Å². The molecule has 1 N–H and O–H groups in total. The van der Waals surface area contributed by atoms with Gasteiger partial charge in [0, 0.05) is 36.6 Å². The van der Waals surface area contributed by atoms with E-state index in [1.54, 1.807) is 16.8 Å². The maximum atomic E-state index is 12.9. The van der Waals surface area contributed by atoms with Crippen LogP contribution in [0.5, 0.6) is 0 Å². The lowest BCUT2D eigenvalue weighted by molar-refractivity contribution is -0.137. The molecule has 106 valence electrons. The molecule has 1 aliphatic heterocycles. The van der Waals surface area contributed by atoms with E-state index in [2.05, 4.69) is 10.3 Å². The zero-order chi connectivity index (χ0) is 14.3. The first-order valence-corrected chi connectivity index (χ1v) is 6.44. The first-order valence-electron chi connectivity index (χ1n) is 6.07. The Morgan fingerprint density at radius 2 is 2.05 bits per heavy atom. The highest BCUT2D eigenvalue weighted by Crippen LogP contribution is 2.36. The monoisotopic (exact) mass is 301 g/mol. The van der Waals surface area contributed by atoms with Crippen LogP contribution < -0.4 is 5.32 Å². The fourth-order valence-electron chi connectivity index (χ4n) is 2.20. The van der Waals surface area contributed by atoms with Gasteiger partial charge in [-0.3, -0.25) is 0 Å². The summed E-state index contributed by atoms with van der Waals surface area (Å²) in [4.78, 5) is 4.04. The zero-order valence-electron chi connectivity index (χ0n) is 10.3. The van der Waals surface area contributed by atoms with E-state index in [0.29, 0.717) is 5.69 Å². The largest absolute Gasteiger partial charge is 0.417 e. The van der Waals surface area contributed by atoms with E-state index in [1.807, 2.05) is 0 Å². The highest BCUT2D eigenvalue weighted by molar-refractivity contribution is 6.31. The molecular formula is C13H11ClF3N3. The Kier molecular flexibility index (Phi) is 3.22. The topological polar surface area (TPSA) is 29.9 Å². The molecule has 0 amide bonds. The van der Waals surface area contributed by atoms with Gasteiger partial charge in [-0.05, 0) is 18.2 Å². The predicted octanol–water partition coefficient (Wildman–Crippen LogP) is 3.23. The maximum Gasteiger partial charge on any atom is 0.417 e. The molecule has 0 aliphatic carbocycles. The fraction of sp³-hybridized carbons (Fsp3) is 0.308.